The van der Waals surface area contributed by atoms with Crippen molar-refractivity contribution in [3.8, 4) is 5.75 Å². The van der Waals surface area contributed by atoms with E-state index in [2.05, 4.69) is 0 Å². The highest BCUT2D eigenvalue weighted by molar-refractivity contribution is 5.56. The van der Waals surface area contributed by atoms with Crippen LogP contribution in [0.4, 0.5) is 5.69 Å². The van der Waals surface area contributed by atoms with Crippen molar-refractivity contribution >= 4 is 5.69 Å². The smallest absolute Gasteiger partial charge is 0.141 e. The molecule has 2 aromatic carbocycles. The normalized spacial score (nSPS) is 10.1. The van der Waals surface area contributed by atoms with Crippen molar-refractivity contribution in [2.75, 3.05) is 5.73 Å². The molecular formula is C13H13NO. The zero-order valence-corrected chi connectivity index (χ0v) is 8.35. The molecule has 2 aromatic rings. The van der Waals surface area contributed by atoms with E-state index in [1.54, 1.807) is 6.07 Å². The van der Waals surface area contributed by atoms with E-state index >= 15 is 0 Å². The van der Waals surface area contributed by atoms with E-state index in [4.69, 9.17) is 5.73 Å². The van der Waals surface area contributed by atoms with E-state index in [-0.39, 0.29) is 5.75 Å². The van der Waals surface area contributed by atoms with Crippen LogP contribution in [0.2, 0.25) is 0 Å². The Morgan fingerprint density at radius 1 is 0.933 bits per heavy atom. The number of nitrogen functional groups attached to an aromatic ring is 1. The van der Waals surface area contributed by atoms with Gasteiger partial charge in [-0.3, -0.25) is 0 Å². The number of hydrogen-bond acceptors (Lipinski definition) is 2. The summed E-state index contributed by atoms with van der Waals surface area (Å²) in [6.45, 7) is 0. The Kier molecular flexibility index (Phi) is 2.59. The molecule has 0 aromatic heterocycles. The summed E-state index contributed by atoms with van der Waals surface area (Å²) in [5.74, 6) is 0.196. The van der Waals surface area contributed by atoms with Crippen LogP contribution in [0.15, 0.2) is 48.5 Å². The van der Waals surface area contributed by atoms with Crippen LogP contribution in [0.1, 0.15) is 11.1 Å². The van der Waals surface area contributed by atoms with Gasteiger partial charge in [-0.25, -0.2) is 0 Å². The van der Waals surface area contributed by atoms with Gasteiger partial charge in [0.15, 0.2) is 0 Å². The number of rotatable bonds is 2. The van der Waals surface area contributed by atoms with Gasteiger partial charge < -0.3 is 10.8 Å². The Hall–Kier alpha value is -1.96. The number of hydrogen-bond donors (Lipinski definition) is 2. The summed E-state index contributed by atoms with van der Waals surface area (Å²) in [5, 5.41) is 9.73. The first kappa shape index (κ1) is 9.59. The zero-order valence-electron chi connectivity index (χ0n) is 8.35. The lowest BCUT2D eigenvalue weighted by Crippen LogP contribution is -1.92. The standard InChI is InChI=1S/C13H13NO/c14-12-8-4-7-11(13(12)15)9-10-5-2-1-3-6-10/h1-8,15H,9,14H2. The van der Waals surface area contributed by atoms with E-state index in [1.807, 2.05) is 42.5 Å². The second-order valence-corrected chi connectivity index (χ2v) is 3.52. The summed E-state index contributed by atoms with van der Waals surface area (Å²) >= 11 is 0. The summed E-state index contributed by atoms with van der Waals surface area (Å²) in [5.41, 5.74) is 8.09. The maximum Gasteiger partial charge on any atom is 0.141 e. The largest absolute Gasteiger partial charge is 0.505 e. The molecule has 2 nitrogen and oxygen atoms in total. The fourth-order valence-corrected chi connectivity index (χ4v) is 1.57. The molecule has 0 radical (unpaired) electrons. The van der Waals surface area contributed by atoms with Gasteiger partial charge in [-0.05, 0) is 11.6 Å². The fourth-order valence-electron chi connectivity index (χ4n) is 1.57. The molecule has 0 heterocycles. The van der Waals surface area contributed by atoms with Crippen molar-refractivity contribution in [1.29, 1.82) is 0 Å². The summed E-state index contributed by atoms with van der Waals surface area (Å²) in [6, 6.07) is 15.4. The van der Waals surface area contributed by atoms with Crippen molar-refractivity contribution < 1.29 is 5.11 Å². The minimum atomic E-state index is 0.196. The molecule has 2 heteroatoms. The predicted octanol–water partition coefficient (Wildman–Crippen LogP) is 2.57. The van der Waals surface area contributed by atoms with Crippen LogP contribution in [0, 0.1) is 0 Å². The van der Waals surface area contributed by atoms with Crippen molar-refractivity contribution in [3.05, 3.63) is 59.7 Å². The number of nitrogens with two attached hydrogens (primary N) is 1. The molecule has 76 valence electrons. The lowest BCUT2D eigenvalue weighted by Gasteiger charge is -2.06. The highest BCUT2D eigenvalue weighted by Gasteiger charge is 2.04. The average molecular weight is 199 g/mol. The molecule has 0 spiro atoms. The van der Waals surface area contributed by atoms with E-state index < -0.39 is 0 Å². The van der Waals surface area contributed by atoms with Gasteiger partial charge in [0.1, 0.15) is 5.75 Å². The highest BCUT2D eigenvalue weighted by Crippen LogP contribution is 2.26. The molecule has 0 amide bonds. The van der Waals surface area contributed by atoms with Gasteiger partial charge >= 0.3 is 0 Å². The Labute approximate surface area is 89.0 Å². The first-order chi connectivity index (χ1) is 7.27. The molecule has 0 unspecified atom stereocenters. The van der Waals surface area contributed by atoms with E-state index in [1.165, 1.54) is 5.56 Å². The minimum Gasteiger partial charge on any atom is -0.505 e. The van der Waals surface area contributed by atoms with Crippen LogP contribution in [-0.2, 0) is 6.42 Å². The Balaban J connectivity index is 2.29. The lowest BCUT2D eigenvalue weighted by molar-refractivity contribution is 0.472. The molecule has 0 aliphatic rings. The number of anilines is 1. The monoisotopic (exact) mass is 199 g/mol. The van der Waals surface area contributed by atoms with Crippen molar-refractivity contribution in [2.45, 2.75) is 6.42 Å². The van der Waals surface area contributed by atoms with E-state index in [0.29, 0.717) is 12.1 Å². The van der Waals surface area contributed by atoms with Crippen molar-refractivity contribution in [3.63, 3.8) is 0 Å². The van der Waals surface area contributed by atoms with Gasteiger partial charge in [-0.2, -0.15) is 0 Å². The van der Waals surface area contributed by atoms with Gasteiger partial charge in [0, 0.05) is 12.0 Å². The molecule has 3 N–H and O–H groups in total. The molecule has 0 atom stereocenters. The summed E-state index contributed by atoms with van der Waals surface area (Å²) in [6.07, 6.45) is 0.706. The fraction of sp³-hybridized carbons (Fsp3) is 0.0769. The van der Waals surface area contributed by atoms with Crippen LogP contribution in [0.5, 0.6) is 5.75 Å². The first-order valence-electron chi connectivity index (χ1n) is 4.87. The molecule has 0 saturated heterocycles. The number of aromatic hydroxyl groups is 1. The SMILES string of the molecule is Nc1cccc(Cc2ccccc2)c1O. The summed E-state index contributed by atoms with van der Waals surface area (Å²) < 4.78 is 0. The van der Waals surface area contributed by atoms with Gasteiger partial charge in [-0.1, -0.05) is 42.5 Å². The first-order valence-corrected chi connectivity index (χ1v) is 4.87. The van der Waals surface area contributed by atoms with Crippen LogP contribution < -0.4 is 5.73 Å². The van der Waals surface area contributed by atoms with Crippen LogP contribution in [0.25, 0.3) is 0 Å². The molecule has 0 aliphatic carbocycles. The highest BCUT2D eigenvalue weighted by atomic mass is 16.3. The van der Waals surface area contributed by atoms with E-state index in [0.717, 1.165) is 5.56 Å². The molecule has 0 fully saturated rings. The van der Waals surface area contributed by atoms with Crippen LogP contribution in [-0.4, -0.2) is 5.11 Å². The van der Waals surface area contributed by atoms with Crippen molar-refractivity contribution in [2.24, 2.45) is 0 Å². The minimum absolute atomic E-state index is 0.196. The summed E-state index contributed by atoms with van der Waals surface area (Å²) in [7, 11) is 0. The maximum atomic E-state index is 9.73. The Morgan fingerprint density at radius 2 is 1.67 bits per heavy atom. The van der Waals surface area contributed by atoms with E-state index in [9.17, 15) is 5.11 Å². The topological polar surface area (TPSA) is 46.2 Å². The van der Waals surface area contributed by atoms with Crippen molar-refractivity contribution in [1.82, 2.24) is 0 Å². The zero-order chi connectivity index (χ0) is 10.7. The quantitative estimate of drug-likeness (QED) is 0.576. The van der Waals surface area contributed by atoms with Crippen LogP contribution >= 0.6 is 0 Å². The third kappa shape index (κ3) is 2.10. The third-order valence-corrected chi connectivity index (χ3v) is 2.39. The third-order valence-electron chi connectivity index (χ3n) is 2.39. The van der Waals surface area contributed by atoms with Gasteiger partial charge in [0.2, 0.25) is 0 Å². The average Bonchev–Trinajstić information content (AvgIpc) is 2.26. The Morgan fingerprint density at radius 3 is 2.40 bits per heavy atom. The van der Waals surface area contributed by atoms with Crippen LogP contribution in [0.3, 0.4) is 0 Å². The predicted molar refractivity (Wildman–Crippen MR) is 61.8 cm³/mol. The Bertz CT molecular complexity index is 451. The number of para-hydroxylation sites is 1. The summed E-state index contributed by atoms with van der Waals surface area (Å²) in [4.78, 5) is 0. The molecule has 2 rings (SSSR count). The molecule has 0 saturated carbocycles. The lowest BCUT2D eigenvalue weighted by atomic mass is 10.0. The number of phenols is 1. The molecule has 0 aliphatic heterocycles. The second kappa shape index (κ2) is 4.05. The number of benzene rings is 2. The second-order valence-electron chi connectivity index (χ2n) is 3.52. The maximum absolute atomic E-state index is 9.73. The van der Waals surface area contributed by atoms with Gasteiger partial charge in [0.25, 0.3) is 0 Å². The molecule has 0 bridgehead atoms. The van der Waals surface area contributed by atoms with Gasteiger partial charge in [0.05, 0.1) is 5.69 Å². The molecular weight excluding hydrogens is 186 g/mol. The van der Waals surface area contributed by atoms with Gasteiger partial charge in [-0.15, -0.1) is 0 Å². The molecule has 15 heavy (non-hydrogen) atoms. The number of phenolic OH excluding ortho intramolecular Hbond substituents is 1.